The average Bonchev–Trinajstić information content (AvgIpc) is 0.748. The highest BCUT2D eigenvalue weighted by Crippen LogP contribution is 2.44. The number of amides is 6. The number of hydrogen-bond acceptors (Lipinski definition) is 60. The molecule has 12 saturated heterocycles. The number of aliphatic hydroxyl groups excluding tert-OH is 31. The van der Waals surface area contributed by atoms with Gasteiger partial charge in [0.2, 0.25) is 35.4 Å². The lowest BCUT2D eigenvalue weighted by atomic mass is 9.93. The number of aliphatic hydroxyl groups is 31. The summed E-state index contributed by atoms with van der Waals surface area (Å²) in [6, 6.07) is -12.3. The molecule has 66 heteroatoms. The molecule has 12 aliphatic heterocycles. The van der Waals surface area contributed by atoms with Gasteiger partial charge in [0.05, 0.1) is 78.8 Å². The van der Waals surface area contributed by atoms with Crippen molar-refractivity contribution in [1.29, 1.82) is 0 Å². The topological polar surface area (TPSA) is 1010 Å². The molecule has 0 saturated carbocycles. The van der Waals surface area contributed by atoms with Crippen molar-refractivity contribution < 1.29 is 296 Å². The Morgan fingerprint density at radius 1 is 0.187 bits per heavy atom. The third kappa shape index (κ3) is 27.5. The molecule has 12 heterocycles. The maximum Gasteiger partial charge on any atom is 0.217 e. The molecule has 6 amide bonds. The van der Waals surface area contributed by atoms with Crippen molar-refractivity contribution in [3.63, 3.8) is 0 Å². The van der Waals surface area contributed by atoms with Gasteiger partial charge in [-0.2, -0.15) is 0 Å². The average molecular weight is 2190 g/mol. The quantitative estimate of drug-likeness (QED) is 0.0272. The molecule has 866 valence electrons. The van der Waals surface area contributed by atoms with E-state index in [0.717, 1.165) is 41.5 Å². The van der Waals surface area contributed by atoms with E-state index in [4.69, 9.17) is 109 Å². The molecule has 66 nitrogen and oxygen atoms in total. The van der Waals surface area contributed by atoms with Crippen LogP contribution in [-0.2, 0) is 138 Å². The summed E-state index contributed by atoms with van der Waals surface area (Å²) in [4.78, 5) is 79.6. The molecule has 0 aromatic carbocycles. The van der Waals surface area contributed by atoms with E-state index >= 15 is 0 Å². The van der Waals surface area contributed by atoms with Gasteiger partial charge >= 0.3 is 0 Å². The Kier molecular flexibility index (Phi) is 44.4. The standard InChI is InChI=1S/C84H140N6O60/c1-19-43(106)55(118)60(123)79(130-19)128-17-35-48(111)49(112)38(86-21(3)101)74(140-35)143-65-31(13-96)137-76(40(51(65)114)88-23(5)103)147-69-36(18-129-83-71(58(121)46(109)28(10-93)134-83)149-77-41(89-24(6)104)53(116)66(32(14-97)138-77)144-80-61(124)56(119)44(107)26(8-91)132-80)141-82(146-68-34(16-99)136-75(39(52(68)115)87-22(4)102)142-64-30(12-95)131-73(127)37(50(64)113)85-20(2)100)63(126)70(69)148-84-72(59(122)47(110)29(11-94)135-84)150-78-42(90-25(7)105)54(117)67(33(15-98)139-78)145-81-62(125)57(120)45(108)27(9-92)133-81/h19,26-84,91-99,106-127H,8-18H2,1-7H3,(H,85,100)(H,86,101)(H,87,102)(H,88,103)(H,89,104)(H,90,105)/t19-,26+,27+,28+,29+,30+,31+,32+,33+,34+,35+,36+,37+,38+,39+,40+,41+,42+,43+,44-,45-,46+,47+,48+,49+,50+,51-,52+,53+,54+,55+,56-,57-,58-,59-,60-,61+,62+,63-,64+,65+,66+,67+,68+,69+,70+,71-,72-,73+,74-,75-,76-,77-,78-,79+,80-,81-,82-,83-,84+/m0/s1. The minimum absolute atomic E-state index is 0.829. The van der Waals surface area contributed by atoms with E-state index in [1.165, 1.54) is 6.92 Å². The van der Waals surface area contributed by atoms with E-state index in [0.29, 0.717) is 0 Å². The summed E-state index contributed by atoms with van der Waals surface area (Å²) in [6.45, 7) is -6.82. The van der Waals surface area contributed by atoms with Crippen LogP contribution in [0.1, 0.15) is 48.5 Å². The van der Waals surface area contributed by atoms with Crippen molar-refractivity contribution in [2.45, 2.75) is 417 Å². The zero-order valence-corrected chi connectivity index (χ0v) is 81.1. The summed E-state index contributed by atoms with van der Waals surface area (Å²) >= 11 is 0. The highest BCUT2D eigenvalue weighted by Gasteiger charge is 2.64. The Balaban J connectivity index is 0.989. The fourth-order valence-electron chi connectivity index (χ4n) is 19.6. The number of nitrogens with one attached hydrogen (secondary N) is 6. The zero-order valence-electron chi connectivity index (χ0n) is 81.1. The van der Waals surface area contributed by atoms with Crippen molar-refractivity contribution in [2.24, 2.45) is 0 Å². The Labute approximate surface area is 849 Å². The van der Waals surface area contributed by atoms with Crippen LogP contribution in [0.25, 0.3) is 0 Å². The number of hydrogen-bond donors (Lipinski definition) is 37. The number of carbonyl (C=O) groups is 6. The molecular weight excluding hydrogens is 2050 g/mol. The third-order valence-corrected chi connectivity index (χ3v) is 27.4. The fourth-order valence-corrected chi connectivity index (χ4v) is 19.6. The predicted octanol–water partition coefficient (Wildman–Crippen LogP) is -25.3. The van der Waals surface area contributed by atoms with Gasteiger partial charge in [0.25, 0.3) is 0 Å². The first-order valence-corrected chi connectivity index (χ1v) is 48.0. The Morgan fingerprint density at radius 3 is 0.767 bits per heavy atom. The number of carbonyl (C=O) groups excluding carboxylic acids is 6. The second-order valence-corrected chi connectivity index (χ2v) is 38.1. The number of rotatable bonds is 39. The normalized spacial score (nSPS) is 48.8. The van der Waals surface area contributed by atoms with Crippen LogP contribution in [0.2, 0.25) is 0 Å². The van der Waals surface area contributed by atoms with Crippen LogP contribution in [-0.4, -0.2) is 635 Å². The second-order valence-electron chi connectivity index (χ2n) is 38.1. The van der Waals surface area contributed by atoms with Gasteiger partial charge < -0.3 is 299 Å². The minimum Gasteiger partial charge on any atom is -0.394 e. The maximum atomic E-state index is 14.0. The molecule has 0 aromatic rings. The van der Waals surface area contributed by atoms with E-state index in [-0.39, 0.29) is 0 Å². The lowest BCUT2D eigenvalue weighted by Gasteiger charge is -2.53. The molecule has 12 aliphatic rings. The second kappa shape index (κ2) is 54.0. The molecule has 150 heavy (non-hydrogen) atoms. The Bertz CT molecular complexity index is 4250. The van der Waals surface area contributed by atoms with Gasteiger partial charge in [0, 0.05) is 41.5 Å². The summed E-state index contributed by atoms with van der Waals surface area (Å²) in [6.07, 6.45) is -119. The molecule has 0 radical (unpaired) electrons. The molecule has 12 fully saturated rings. The highest BCUT2D eigenvalue weighted by atomic mass is 16.8. The zero-order chi connectivity index (χ0) is 110. The largest absolute Gasteiger partial charge is 0.394 e. The molecule has 0 spiro atoms. The van der Waals surface area contributed by atoms with Crippen LogP contribution in [0.4, 0.5) is 0 Å². The smallest absolute Gasteiger partial charge is 0.217 e. The van der Waals surface area contributed by atoms with E-state index in [9.17, 15) is 187 Å². The number of ether oxygens (including phenoxy) is 23. The summed E-state index contributed by atoms with van der Waals surface area (Å²) < 4.78 is 141. The lowest BCUT2D eigenvalue weighted by molar-refractivity contribution is -0.410. The first-order chi connectivity index (χ1) is 70.9. The van der Waals surface area contributed by atoms with Gasteiger partial charge in [-0.15, -0.1) is 0 Å². The van der Waals surface area contributed by atoms with Gasteiger partial charge in [-0.25, -0.2) is 0 Å². The van der Waals surface area contributed by atoms with Gasteiger partial charge in [-0.1, -0.05) is 0 Å². The van der Waals surface area contributed by atoms with Crippen molar-refractivity contribution in [3.05, 3.63) is 0 Å². The van der Waals surface area contributed by atoms with Crippen LogP contribution in [0, 0.1) is 0 Å². The van der Waals surface area contributed by atoms with Crippen molar-refractivity contribution in [3.8, 4) is 0 Å². The van der Waals surface area contributed by atoms with Crippen LogP contribution in [0.15, 0.2) is 0 Å². The van der Waals surface area contributed by atoms with E-state index in [1.54, 1.807) is 0 Å². The van der Waals surface area contributed by atoms with Crippen LogP contribution in [0.3, 0.4) is 0 Å². The van der Waals surface area contributed by atoms with Crippen LogP contribution >= 0.6 is 0 Å². The van der Waals surface area contributed by atoms with E-state index in [2.05, 4.69) is 31.9 Å². The minimum atomic E-state index is -2.92. The molecule has 12 rings (SSSR count). The predicted molar refractivity (Wildman–Crippen MR) is 463 cm³/mol. The fraction of sp³-hybridized carbons (Fsp3) is 0.929. The molecular formula is C84H140N6O60. The van der Waals surface area contributed by atoms with Crippen molar-refractivity contribution in [1.82, 2.24) is 31.9 Å². The van der Waals surface area contributed by atoms with Gasteiger partial charge in [-0.3, -0.25) is 28.8 Å². The van der Waals surface area contributed by atoms with Crippen LogP contribution in [0.5, 0.6) is 0 Å². The van der Waals surface area contributed by atoms with E-state index in [1.807, 2.05) is 0 Å². The van der Waals surface area contributed by atoms with Crippen molar-refractivity contribution in [2.75, 3.05) is 72.7 Å². The maximum absolute atomic E-state index is 14.0. The Hall–Kier alpha value is -5.34. The third-order valence-electron chi connectivity index (χ3n) is 27.4. The summed E-state index contributed by atoms with van der Waals surface area (Å²) in [5.41, 5.74) is 0. The molecule has 0 aliphatic carbocycles. The van der Waals surface area contributed by atoms with Crippen LogP contribution < -0.4 is 31.9 Å². The summed E-state index contributed by atoms with van der Waals surface area (Å²) in [5.74, 6) is -6.13. The van der Waals surface area contributed by atoms with Gasteiger partial charge in [-0.05, 0) is 6.92 Å². The van der Waals surface area contributed by atoms with Crippen molar-refractivity contribution >= 4 is 35.4 Å². The summed E-state index contributed by atoms with van der Waals surface area (Å²) in [7, 11) is 0. The molecule has 0 aromatic heterocycles. The Morgan fingerprint density at radius 2 is 0.413 bits per heavy atom. The van der Waals surface area contributed by atoms with Gasteiger partial charge in [0.1, 0.15) is 287 Å². The molecule has 0 bridgehead atoms. The van der Waals surface area contributed by atoms with Gasteiger partial charge in [0.15, 0.2) is 75.5 Å². The lowest BCUT2D eigenvalue weighted by Crippen LogP contribution is -2.72. The molecule has 37 N–H and O–H groups in total. The molecule has 0 unspecified atom stereocenters. The first kappa shape index (κ1) is 123. The highest BCUT2D eigenvalue weighted by molar-refractivity contribution is 5.75. The SMILES string of the molecule is CC(=O)N[C@@H]1[C@@H](O)[C@H](O[C@@H]2O[C@H](CO)[C@@H](O[C@@H]3O[C@H](CO[C@H]4O[C@H](CO)[C@@H](O)[C@H](O)[C@@H]4O[C@@H]4O[C@H](CO)[C@@H](O[C@@H]5O[C@H](CO)[C@H](O)[C@H](O)[C@H]5O)[C@H](O)[C@H]4NC(C)=O)[C@@H](O[C@@H]4O[C@H](CO)[C@@H](O[C@@H]5O[C@H](CO[C@@H]6O[C@@H](C)[C@@H](O)[C@@H](O)[C@@H]6O)[C@@H](O)[C@H](O)[C@H]5NC(C)=O)[C@@H](O)[C@H]4NC(C)=O)[C@H](O[C@H]4O[C@H](CO)[C@@H](O)[C@H](O)[C@@H]4O[C@@H]4O[C@H](CO)[C@@H](O[C@@H]5O[C@H](CO)[C@H](O)[C@H](O)[C@H]5O)[C@H](O)[C@H]4NC(C)=O)[C@@H]3O)[C@H](O)[C@H]2NC(C)=O)[C@@H](CO)O[C@H]1O. The summed E-state index contributed by atoms with van der Waals surface area (Å²) in [5, 5.41) is 368. The van der Waals surface area contributed by atoms with E-state index < -0.39 is 476 Å². The molecule has 60 atom stereocenters. The first-order valence-electron chi connectivity index (χ1n) is 48.0. The monoisotopic (exact) mass is 2190 g/mol.